The standard InChI is InChI=1S/C16H19N3O3S/c1-12-6-8-19(18-12)15-4-2-14(3-5-15)16(20)17-10-13-7-9-23(21,22)11-13/h2-6,8,13H,7,9-11H2,1H3,(H,17,20)/t13-/m0/s1. The quantitative estimate of drug-likeness (QED) is 0.916. The third-order valence-corrected chi connectivity index (χ3v) is 5.83. The Morgan fingerprint density at radius 2 is 2.04 bits per heavy atom. The molecule has 0 spiro atoms. The van der Waals surface area contributed by atoms with E-state index in [0.717, 1.165) is 11.4 Å². The number of aryl methyl sites for hydroxylation is 1. The first-order chi connectivity index (χ1) is 10.9. The second kappa shape index (κ2) is 6.16. The summed E-state index contributed by atoms with van der Waals surface area (Å²) in [7, 11) is -2.90. The fourth-order valence-corrected chi connectivity index (χ4v) is 4.56. The first-order valence-corrected chi connectivity index (χ1v) is 9.36. The smallest absolute Gasteiger partial charge is 0.251 e. The van der Waals surface area contributed by atoms with Crippen LogP contribution in [-0.2, 0) is 9.84 Å². The number of amides is 1. The van der Waals surface area contributed by atoms with Gasteiger partial charge in [-0.3, -0.25) is 4.79 Å². The highest BCUT2D eigenvalue weighted by molar-refractivity contribution is 7.91. The number of rotatable bonds is 4. The Morgan fingerprint density at radius 3 is 2.61 bits per heavy atom. The lowest BCUT2D eigenvalue weighted by Crippen LogP contribution is -2.29. The zero-order valence-corrected chi connectivity index (χ0v) is 13.7. The minimum absolute atomic E-state index is 0.0234. The Bertz CT molecular complexity index is 809. The molecule has 3 rings (SSSR count). The Morgan fingerprint density at radius 1 is 1.30 bits per heavy atom. The molecule has 1 saturated heterocycles. The molecule has 2 heterocycles. The zero-order valence-electron chi connectivity index (χ0n) is 12.9. The highest BCUT2D eigenvalue weighted by Gasteiger charge is 2.27. The molecule has 1 amide bonds. The first-order valence-electron chi connectivity index (χ1n) is 7.54. The molecule has 1 aromatic heterocycles. The topological polar surface area (TPSA) is 81.1 Å². The summed E-state index contributed by atoms with van der Waals surface area (Å²) in [6.45, 7) is 2.32. The van der Waals surface area contributed by atoms with E-state index in [1.165, 1.54) is 0 Å². The third-order valence-electron chi connectivity index (χ3n) is 3.99. The van der Waals surface area contributed by atoms with Gasteiger partial charge in [0, 0.05) is 18.3 Å². The number of carbonyl (C=O) groups is 1. The summed E-state index contributed by atoms with van der Waals surface area (Å²) >= 11 is 0. The molecule has 0 aliphatic carbocycles. The lowest BCUT2D eigenvalue weighted by Gasteiger charge is -2.10. The first kappa shape index (κ1) is 15.7. The zero-order chi connectivity index (χ0) is 16.4. The summed E-state index contributed by atoms with van der Waals surface area (Å²) in [6, 6.07) is 9.07. The van der Waals surface area contributed by atoms with Gasteiger partial charge in [-0.15, -0.1) is 0 Å². The van der Waals surface area contributed by atoms with Gasteiger partial charge in [0.2, 0.25) is 0 Å². The molecule has 1 atom stereocenters. The van der Waals surface area contributed by atoms with Gasteiger partial charge in [0.05, 0.1) is 22.9 Å². The predicted octanol–water partition coefficient (Wildman–Crippen LogP) is 1.35. The second-order valence-electron chi connectivity index (χ2n) is 5.93. The molecule has 2 aromatic rings. The highest BCUT2D eigenvalue weighted by atomic mass is 32.2. The molecule has 1 aromatic carbocycles. The van der Waals surface area contributed by atoms with Crippen LogP contribution in [0.5, 0.6) is 0 Å². The Hall–Kier alpha value is -2.15. The van der Waals surface area contributed by atoms with Crippen LogP contribution >= 0.6 is 0 Å². The van der Waals surface area contributed by atoms with Gasteiger partial charge in [-0.05, 0) is 49.6 Å². The SMILES string of the molecule is Cc1ccn(-c2ccc(C(=O)NC[C@@H]3CCS(=O)(=O)C3)cc2)n1. The molecule has 1 N–H and O–H groups in total. The average molecular weight is 333 g/mol. The molecule has 6 nitrogen and oxygen atoms in total. The molecule has 122 valence electrons. The molecule has 0 saturated carbocycles. The van der Waals surface area contributed by atoms with Crippen LogP contribution in [0.4, 0.5) is 0 Å². The van der Waals surface area contributed by atoms with Gasteiger partial charge in [0.15, 0.2) is 9.84 Å². The van der Waals surface area contributed by atoms with Gasteiger partial charge in [0.1, 0.15) is 0 Å². The summed E-state index contributed by atoms with van der Waals surface area (Å²) in [5.74, 6) is 0.240. The number of benzene rings is 1. The molecular formula is C16H19N3O3S. The minimum Gasteiger partial charge on any atom is -0.352 e. The highest BCUT2D eigenvalue weighted by Crippen LogP contribution is 2.17. The van der Waals surface area contributed by atoms with Crippen molar-refractivity contribution in [1.29, 1.82) is 0 Å². The third kappa shape index (κ3) is 3.79. The van der Waals surface area contributed by atoms with Crippen molar-refractivity contribution in [2.45, 2.75) is 13.3 Å². The molecule has 7 heteroatoms. The lowest BCUT2D eigenvalue weighted by atomic mass is 10.1. The van der Waals surface area contributed by atoms with Crippen LogP contribution < -0.4 is 5.32 Å². The van der Waals surface area contributed by atoms with Gasteiger partial charge in [-0.2, -0.15) is 5.10 Å². The van der Waals surface area contributed by atoms with Crippen molar-refractivity contribution in [1.82, 2.24) is 15.1 Å². The largest absolute Gasteiger partial charge is 0.352 e. The molecule has 1 aliphatic heterocycles. The van der Waals surface area contributed by atoms with Gasteiger partial charge in [-0.1, -0.05) is 0 Å². The maximum absolute atomic E-state index is 12.1. The van der Waals surface area contributed by atoms with Gasteiger partial charge >= 0.3 is 0 Å². The van der Waals surface area contributed by atoms with Gasteiger partial charge in [0.25, 0.3) is 5.91 Å². The fourth-order valence-electron chi connectivity index (χ4n) is 2.70. The van der Waals surface area contributed by atoms with Gasteiger partial charge in [-0.25, -0.2) is 13.1 Å². The maximum Gasteiger partial charge on any atom is 0.251 e. The van der Waals surface area contributed by atoms with Crippen LogP contribution in [0.15, 0.2) is 36.5 Å². The molecule has 23 heavy (non-hydrogen) atoms. The molecule has 0 unspecified atom stereocenters. The van der Waals surface area contributed by atoms with E-state index < -0.39 is 9.84 Å². The Labute approximate surface area is 135 Å². The van der Waals surface area contributed by atoms with E-state index in [0.29, 0.717) is 18.5 Å². The summed E-state index contributed by atoms with van der Waals surface area (Å²) in [5.41, 5.74) is 2.37. The number of nitrogens with zero attached hydrogens (tertiary/aromatic N) is 2. The van der Waals surface area contributed by atoms with Crippen molar-refractivity contribution < 1.29 is 13.2 Å². The summed E-state index contributed by atoms with van der Waals surface area (Å²) in [5, 5.41) is 7.13. The van der Waals surface area contributed by atoms with Crippen LogP contribution in [0.2, 0.25) is 0 Å². The number of hydrogen-bond acceptors (Lipinski definition) is 4. The molecule has 0 radical (unpaired) electrons. The van der Waals surface area contributed by atoms with E-state index in [2.05, 4.69) is 10.4 Å². The normalized spacial score (nSPS) is 19.6. The van der Waals surface area contributed by atoms with Crippen molar-refractivity contribution >= 4 is 15.7 Å². The van der Waals surface area contributed by atoms with Crippen LogP contribution in [0, 0.1) is 12.8 Å². The molecule has 0 bridgehead atoms. The predicted molar refractivity (Wildman–Crippen MR) is 87.4 cm³/mol. The van der Waals surface area contributed by atoms with Crippen LogP contribution in [0.3, 0.4) is 0 Å². The number of hydrogen-bond donors (Lipinski definition) is 1. The Kier molecular flexibility index (Phi) is 4.21. The van der Waals surface area contributed by atoms with E-state index in [1.54, 1.807) is 16.8 Å². The number of nitrogens with one attached hydrogen (secondary N) is 1. The van der Waals surface area contributed by atoms with Crippen molar-refractivity contribution in [3.05, 3.63) is 47.8 Å². The second-order valence-corrected chi connectivity index (χ2v) is 8.16. The van der Waals surface area contributed by atoms with Crippen LogP contribution in [0.1, 0.15) is 22.5 Å². The fraction of sp³-hybridized carbons (Fsp3) is 0.375. The van der Waals surface area contributed by atoms with Crippen LogP contribution in [0.25, 0.3) is 5.69 Å². The van der Waals surface area contributed by atoms with E-state index in [-0.39, 0.29) is 23.3 Å². The molecule has 1 aliphatic rings. The average Bonchev–Trinajstić information content (AvgIpc) is 3.10. The summed E-state index contributed by atoms with van der Waals surface area (Å²) < 4.78 is 24.6. The van der Waals surface area contributed by atoms with E-state index in [9.17, 15) is 13.2 Å². The molecular weight excluding hydrogens is 314 g/mol. The van der Waals surface area contributed by atoms with Gasteiger partial charge < -0.3 is 5.32 Å². The summed E-state index contributed by atoms with van der Waals surface area (Å²) in [6.07, 6.45) is 2.49. The Balaban J connectivity index is 1.60. The van der Waals surface area contributed by atoms with Crippen molar-refractivity contribution in [2.75, 3.05) is 18.1 Å². The van der Waals surface area contributed by atoms with Crippen molar-refractivity contribution in [3.8, 4) is 5.69 Å². The van der Waals surface area contributed by atoms with E-state index in [1.807, 2.05) is 31.3 Å². The molecule has 1 fully saturated rings. The maximum atomic E-state index is 12.1. The van der Waals surface area contributed by atoms with Crippen molar-refractivity contribution in [3.63, 3.8) is 0 Å². The van der Waals surface area contributed by atoms with E-state index in [4.69, 9.17) is 0 Å². The monoisotopic (exact) mass is 333 g/mol. The number of aromatic nitrogens is 2. The number of sulfone groups is 1. The van der Waals surface area contributed by atoms with Crippen molar-refractivity contribution in [2.24, 2.45) is 5.92 Å². The minimum atomic E-state index is -2.90. The van der Waals surface area contributed by atoms with Crippen LogP contribution in [-0.4, -0.2) is 42.2 Å². The lowest BCUT2D eigenvalue weighted by molar-refractivity contribution is 0.0948. The summed E-state index contributed by atoms with van der Waals surface area (Å²) in [4.78, 5) is 12.1. The van der Waals surface area contributed by atoms with E-state index >= 15 is 0 Å². The number of carbonyl (C=O) groups excluding carboxylic acids is 1.